The minimum absolute atomic E-state index is 0.380. The number of aromatic amines is 1. The summed E-state index contributed by atoms with van der Waals surface area (Å²) in [6, 6.07) is 7.60. The molecule has 0 atom stereocenters. The van der Waals surface area contributed by atoms with Crippen molar-refractivity contribution in [1.82, 2.24) is 29.9 Å². The van der Waals surface area contributed by atoms with Gasteiger partial charge in [-0.25, -0.2) is 24.9 Å². The number of nitrogens with zero attached hydrogens (tertiary/aromatic N) is 5. The minimum Gasteiger partial charge on any atom is -0.381 e. The zero-order valence-corrected chi connectivity index (χ0v) is 11.5. The van der Waals surface area contributed by atoms with Crippen LogP contribution in [0.15, 0.2) is 47.0 Å². The number of aromatic nitrogens is 6. The Balaban J connectivity index is 1.83. The lowest BCUT2D eigenvalue weighted by atomic mass is 10.3. The van der Waals surface area contributed by atoms with Crippen LogP contribution in [0.2, 0.25) is 0 Å². The molecule has 0 aliphatic rings. The maximum atomic E-state index is 5.99. The van der Waals surface area contributed by atoms with Crippen molar-refractivity contribution < 1.29 is 0 Å². The summed E-state index contributed by atoms with van der Waals surface area (Å²) >= 11 is 1.34. The van der Waals surface area contributed by atoms with E-state index in [0.29, 0.717) is 21.5 Å². The van der Waals surface area contributed by atoms with Gasteiger partial charge in [0.05, 0.1) is 17.4 Å². The van der Waals surface area contributed by atoms with Crippen molar-refractivity contribution in [1.29, 1.82) is 0 Å². The number of hydrogen-bond donors (Lipinski definition) is 2. The summed E-state index contributed by atoms with van der Waals surface area (Å²) in [5, 5.41) is 1.33. The highest BCUT2D eigenvalue weighted by atomic mass is 32.2. The number of hydrogen-bond acceptors (Lipinski definition) is 7. The molecule has 0 fully saturated rings. The van der Waals surface area contributed by atoms with Gasteiger partial charge >= 0.3 is 0 Å². The number of nitrogens with two attached hydrogens (primary N) is 1. The van der Waals surface area contributed by atoms with E-state index in [2.05, 4.69) is 29.9 Å². The van der Waals surface area contributed by atoms with Crippen molar-refractivity contribution in [3.63, 3.8) is 0 Å². The molecule has 0 saturated carbocycles. The summed E-state index contributed by atoms with van der Waals surface area (Å²) in [5.74, 6) is 0.380. The predicted molar refractivity (Wildman–Crippen MR) is 79.8 cm³/mol. The molecule has 102 valence electrons. The zero-order valence-electron chi connectivity index (χ0n) is 10.7. The maximum absolute atomic E-state index is 5.99. The molecule has 0 aliphatic carbocycles. The van der Waals surface area contributed by atoms with Crippen LogP contribution in [0, 0.1) is 0 Å². The number of fused-ring (bicyclic) bond motifs is 2. The second-order valence-corrected chi connectivity index (χ2v) is 5.26. The van der Waals surface area contributed by atoms with Gasteiger partial charge in [-0.1, -0.05) is 12.1 Å². The van der Waals surface area contributed by atoms with E-state index < -0.39 is 0 Å². The fourth-order valence-electron chi connectivity index (χ4n) is 1.98. The van der Waals surface area contributed by atoms with E-state index in [1.807, 2.05) is 24.3 Å². The average Bonchev–Trinajstić information content (AvgIpc) is 2.97. The van der Waals surface area contributed by atoms with Crippen molar-refractivity contribution >= 4 is 39.8 Å². The van der Waals surface area contributed by atoms with Crippen molar-refractivity contribution in [2.45, 2.75) is 10.1 Å². The highest BCUT2D eigenvalue weighted by Crippen LogP contribution is 2.32. The van der Waals surface area contributed by atoms with Crippen LogP contribution in [-0.4, -0.2) is 29.9 Å². The molecule has 1 aromatic carbocycles. The smallest absolute Gasteiger partial charge is 0.181 e. The molecule has 8 heteroatoms. The van der Waals surface area contributed by atoms with Gasteiger partial charge < -0.3 is 10.7 Å². The van der Waals surface area contributed by atoms with Crippen LogP contribution in [0.1, 0.15) is 0 Å². The molecule has 0 aliphatic heterocycles. The van der Waals surface area contributed by atoms with Gasteiger partial charge in [-0.05, 0) is 23.9 Å². The van der Waals surface area contributed by atoms with Gasteiger partial charge in [-0.3, -0.25) is 0 Å². The molecule has 7 nitrogen and oxygen atoms in total. The molecule has 0 saturated heterocycles. The predicted octanol–water partition coefficient (Wildman–Crippen LogP) is 2.03. The average molecular weight is 295 g/mol. The summed E-state index contributed by atoms with van der Waals surface area (Å²) in [6.07, 6.45) is 3.05. The molecule has 0 spiro atoms. The van der Waals surface area contributed by atoms with Crippen LogP contribution in [0.3, 0.4) is 0 Å². The highest BCUT2D eigenvalue weighted by Gasteiger charge is 2.12. The van der Waals surface area contributed by atoms with Gasteiger partial charge in [0.25, 0.3) is 0 Å². The fraction of sp³-hybridized carbons (Fsp3) is 0. The van der Waals surface area contributed by atoms with Gasteiger partial charge in [0.15, 0.2) is 11.5 Å². The standard InChI is InChI=1S/C13H9N7S/c14-10-13(20-8-4-2-1-3-7(8)19-10)21-12-9-11(16-5-15-9)17-6-18-12/h1-6H,(H2,14,19)(H,15,16,17,18). The fourth-order valence-corrected chi connectivity index (χ4v) is 2.81. The molecule has 3 heterocycles. The number of H-pyrrole nitrogens is 1. The third kappa shape index (κ3) is 2.05. The van der Waals surface area contributed by atoms with Gasteiger partial charge in [0.1, 0.15) is 21.9 Å². The minimum atomic E-state index is 0.380. The molecule has 0 unspecified atom stereocenters. The summed E-state index contributed by atoms with van der Waals surface area (Å²) in [4.78, 5) is 24.4. The second kappa shape index (κ2) is 4.67. The van der Waals surface area contributed by atoms with Crippen molar-refractivity contribution in [3.8, 4) is 0 Å². The van der Waals surface area contributed by atoms with Gasteiger partial charge in [-0.2, -0.15) is 0 Å². The molecule has 0 amide bonds. The summed E-state index contributed by atoms with van der Waals surface area (Å²) < 4.78 is 0. The quantitative estimate of drug-likeness (QED) is 0.545. The van der Waals surface area contributed by atoms with Crippen molar-refractivity contribution in [3.05, 3.63) is 36.9 Å². The second-order valence-electron chi connectivity index (χ2n) is 4.28. The maximum Gasteiger partial charge on any atom is 0.181 e. The Morgan fingerprint density at radius 2 is 1.76 bits per heavy atom. The van der Waals surface area contributed by atoms with Crippen LogP contribution < -0.4 is 5.73 Å². The molecule has 0 bridgehead atoms. The van der Waals surface area contributed by atoms with E-state index in [1.54, 1.807) is 6.33 Å². The molecule has 21 heavy (non-hydrogen) atoms. The van der Waals surface area contributed by atoms with Gasteiger partial charge in [-0.15, -0.1) is 0 Å². The lowest BCUT2D eigenvalue weighted by molar-refractivity contribution is 1.07. The normalized spacial score (nSPS) is 11.2. The van der Waals surface area contributed by atoms with E-state index in [0.717, 1.165) is 16.6 Å². The number of anilines is 1. The first kappa shape index (κ1) is 12.0. The Morgan fingerprint density at radius 3 is 2.62 bits per heavy atom. The third-order valence-corrected chi connectivity index (χ3v) is 3.94. The molecule has 4 aromatic rings. The first-order valence-electron chi connectivity index (χ1n) is 6.15. The lowest BCUT2D eigenvalue weighted by Gasteiger charge is -2.05. The van der Waals surface area contributed by atoms with Crippen LogP contribution in [0.5, 0.6) is 0 Å². The highest BCUT2D eigenvalue weighted by molar-refractivity contribution is 7.99. The SMILES string of the molecule is Nc1nc2ccccc2nc1Sc1ncnc2nc[nH]c12. The lowest BCUT2D eigenvalue weighted by Crippen LogP contribution is -1.98. The molecule has 3 N–H and O–H groups in total. The Hall–Kier alpha value is -2.74. The van der Waals surface area contributed by atoms with E-state index in [-0.39, 0.29) is 0 Å². The summed E-state index contributed by atoms with van der Waals surface area (Å²) in [5.41, 5.74) is 8.93. The van der Waals surface area contributed by atoms with Crippen LogP contribution in [0.25, 0.3) is 22.2 Å². The largest absolute Gasteiger partial charge is 0.381 e. The first-order chi connectivity index (χ1) is 10.3. The summed E-state index contributed by atoms with van der Waals surface area (Å²) in [7, 11) is 0. The first-order valence-corrected chi connectivity index (χ1v) is 6.97. The van der Waals surface area contributed by atoms with E-state index in [4.69, 9.17) is 5.73 Å². The molecule has 0 radical (unpaired) electrons. The molecule has 4 rings (SSSR count). The molecular formula is C13H9N7S. The Kier molecular flexibility index (Phi) is 2.68. The van der Waals surface area contributed by atoms with Gasteiger partial charge in [0.2, 0.25) is 0 Å². The van der Waals surface area contributed by atoms with E-state index in [9.17, 15) is 0 Å². The monoisotopic (exact) mass is 295 g/mol. The number of imidazole rings is 1. The van der Waals surface area contributed by atoms with Crippen molar-refractivity contribution in [2.75, 3.05) is 5.73 Å². The number of nitrogens with one attached hydrogen (secondary N) is 1. The van der Waals surface area contributed by atoms with Crippen LogP contribution in [0.4, 0.5) is 5.82 Å². The molecule has 3 aromatic heterocycles. The zero-order chi connectivity index (χ0) is 14.2. The number of para-hydroxylation sites is 2. The van der Waals surface area contributed by atoms with Crippen molar-refractivity contribution in [2.24, 2.45) is 0 Å². The van der Waals surface area contributed by atoms with Crippen LogP contribution in [-0.2, 0) is 0 Å². The Bertz CT molecular complexity index is 949. The number of nitrogen functional groups attached to an aromatic ring is 1. The Labute approximate surface area is 123 Å². The number of benzene rings is 1. The molecular weight excluding hydrogens is 286 g/mol. The van der Waals surface area contributed by atoms with E-state index >= 15 is 0 Å². The van der Waals surface area contributed by atoms with E-state index in [1.165, 1.54) is 18.1 Å². The van der Waals surface area contributed by atoms with Gasteiger partial charge in [0, 0.05) is 0 Å². The summed E-state index contributed by atoms with van der Waals surface area (Å²) in [6.45, 7) is 0. The van der Waals surface area contributed by atoms with Crippen LogP contribution >= 0.6 is 11.8 Å². The number of rotatable bonds is 2. The third-order valence-electron chi connectivity index (χ3n) is 2.95. The Morgan fingerprint density at radius 1 is 0.952 bits per heavy atom. The topological polar surface area (TPSA) is 106 Å².